The highest BCUT2D eigenvalue weighted by atomic mass is 16.2. The molecule has 44 heavy (non-hydrogen) atoms. The Morgan fingerprint density at radius 1 is 0.886 bits per heavy atom. The van der Waals surface area contributed by atoms with Crippen molar-refractivity contribution in [1.29, 1.82) is 0 Å². The largest absolute Gasteiger partial charge is 0.343 e. The minimum atomic E-state index is -0.754. The van der Waals surface area contributed by atoms with E-state index in [-0.39, 0.29) is 35.7 Å². The second kappa shape index (κ2) is 14.6. The molecule has 0 aromatic heterocycles. The molecular weight excluding hydrogens is 550 g/mol. The first-order valence-electron chi connectivity index (χ1n) is 15.9. The predicted octanol–water partition coefficient (Wildman–Crippen LogP) is 4.02. The number of nitrogens with zero attached hydrogens (tertiary/aromatic N) is 2. The van der Waals surface area contributed by atoms with Gasteiger partial charge >= 0.3 is 0 Å². The number of hydrogen-bond acceptors (Lipinski definition) is 5. The molecule has 0 spiro atoms. The van der Waals surface area contributed by atoms with Crippen LogP contribution in [0.2, 0.25) is 0 Å². The van der Waals surface area contributed by atoms with E-state index in [0.717, 1.165) is 36.9 Å². The molecule has 0 aliphatic carbocycles. The van der Waals surface area contributed by atoms with Gasteiger partial charge in [0.25, 0.3) is 0 Å². The van der Waals surface area contributed by atoms with Crippen LogP contribution in [0.15, 0.2) is 91.0 Å². The van der Waals surface area contributed by atoms with Crippen molar-refractivity contribution in [2.75, 3.05) is 13.6 Å². The molecule has 8 heteroatoms. The molecule has 0 radical (unpaired) electrons. The predicted molar refractivity (Wildman–Crippen MR) is 172 cm³/mol. The van der Waals surface area contributed by atoms with Gasteiger partial charge in [-0.15, -0.1) is 0 Å². The number of rotatable bonds is 11. The first kappa shape index (κ1) is 31.4. The van der Waals surface area contributed by atoms with E-state index in [1.165, 1.54) is 5.56 Å². The monoisotopic (exact) mass is 595 g/mol. The van der Waals surface area contributed by atoms with Gasteiger partial charge in [0.15, 0.2) is 0 Å². The first-order valence-corrected chi connectivity index (χ1v) is 15.9. The molecule has 0 bridgehead atoms. The fourth-order valence-corrected chi connectivity index (χ4v) is 6.76. The van der Waals surface area contributed by atoms with Crippen LogP contribution in [0.5, 0.6) is 0 Å². The van der Waals surface area contributed by atoms with Gasteiger partial charge in [0.2, 0.25) is 17.7 Å². The lowest BCUT2D eigenvalue weighted by Crippen LogP contribution is -2.59. The third kappa shape index (κ3) is 7.37. The van der Waals surface area contributed by atoms with Crippen LogP contribution in [0.4, 0.5) is 0 Å². The van der Waals surface area contributed by atoms with E-state index in [4.69, 9.17) is 5.73 Å². The van der Waals surface area contributed by atoms with E-state index < -0.39 is 18.1 Å². The summed E-state index contributed by atoms with van der Waals surface area (Å²) in [7, 11) is 2.05. The summed E-state index contributed by atoms with van der Waals surface area (Å²) in [6, 6.07) is 27.6. The molecule has 2 fully saturated rings. The molecule has 232 valence electrons. The summed E-state index contributed by atoms with van der Waals surface area (Å²) in [4.78, 5) is 45.6. The molecule has 2 aliphatic rings. The van der Waals surface area contributed by atoms with Gasteiger partial charge in [-0.3, -0.25) is 14.4 Å². The van der Waals surface area contributed by atoms with Crippen molar-refractivity contribution in [1.82, 2.24) is 20.4 Å². The van der Waals surface area contributed by atoms with Gasteiger partial charge < -0.3 is 26.2 Å². The van der Waals surface area contributed by atoms with E-state index in [0.29, 0.717) is 19.4 Å². The normalized spacial score (nSPS) is 22.4. The van der Waals surface area contributed by atoms with Crippen LogP contribution >= 0.6 is 0 Å². The van der Waals surface area contributed by atoms with Gasteiger partial charge in [0.1, 0.15) is 12.1 Å². The van der Waals surface area contributed by atoms with Gasteiger partial charge in [-0.25, -0.2) is 0 Å². The molecule has 0 saturated carbocycles. The minimum Gasteiger partial charge on any atom is -0.343 e. The molecule has 8 nitrogen and oxygen atoms in total. The second-order valence-electron chi connectivity index (χ2n) is 12.3. The Morgan fingerprint density at radius 2 is 1.45 bits per heavy atom. The van der Waals surface area contributed by atoms with Crippen LogP contribution in [0.25, 0.3) is 0 Å². The maximum Gasteiger partial charge on any atom is 0.246 e. The molecule has 2 aliphatic heterocycles. The van der Waals surface area contributed by atoms with Crippen LogP contribution in [0.3, 0.4) is 0 Å². The van der Waals surface area contributed by atoms with Gasteiger partial charge in [0, 0.05) is 25.0 Å². The second-order valence-corrected chi connectivity index (χ2v) is 12.3. The topological polar surface area (TPSA) is 108 Å². The number of benzene rings is 3. The van der Waals surface area contributed by atoms with E-state index in [2.05, 4.69) is 27.7 Å². The lowest BCUT2D eigenvalue weighted by atomic mass is 9.92. The van der Waals surface area contributed by atoms with Crippen LogP contribution in [-0.4, -0.2) is 65.3 Å². The maximum absolute atomic E-state index is 14.4. The molecule has 4 N–H and O–H groups in total. The van der Waals surface area contributed by atoms with Crippen molar-refractivity contribution < 1.29 is 14.4 Å². The molecule has 4 unspecified atom stereocenters. The highest BCUT2D eigenvalue weighted by molar-refractivity contribution is 5.94. The molecule has 5 atom stereocenters. The van der Waals surface area contributed by atoms with Crippen LogP contribution in [0, 0.1) is 5.92 Å². The van der Waals surface area contributed by atoms with Crippen molar-refractivity contribution >= 4 is 17.7 Å². The Bertz CT molecular complexity index is 1350. The van der Waals surface area contributed by atoms with Crippen LogP contribution in [-0.2, 0) is 20.9 Å². The number of nitrogens with two attached hydrogens (primary N) is 1. The van der Waals surface area contributed by atoms with E-state index >= 15 is 0 Å². The molecule has 3 amide bonds. The van der Waals surface area contributed by atoms with Crippen LogP contribution in [0.1, 0.15) is 61.8 Å². The van der Waals surface area contributed by atoms with E-state index in [1.54, 1.807) is 4.90 Å². The number of fused-ring (bicyclic) bond motifs is 1. The third-order valence-electron chi connectivity index (χ3n) is 9.14. The zero-order valence-corrected chi connectivity index (χ0v) is 25.8. The SMILES string of the molecule is CC[C@H](N)C(=O)NC1C(=O)N2C(CCC1CN(C)Cc1ccccc1)CCC2C(=O)NC(c1ccccc1)c1ccccc1. The quantitative estimate of drug-likeness (QED) is 0.311. The van der Waals surface area contributed by atoms with Gasteiger partial charge in [-0.05, 0) is 55.8 Å². The first-order chi connectivity index (χ1) is 21.4. The van der Waals surface area contributed by atoms with Gasteiger partial charge in [0.05, 0.1) is 12.1 Å². The van der Waals surface area contributed by atoms with E-state index in [9.17, 15) is 14.4 Å². The highest BCUT2D eigenvalue weighted by Gasteiger charge is 2.48. The number of amides is 3. The molecule has 5 rings (SSSR count). The molecule has 2 saturated heterocycles. The standard InChI is InChI=1S/C36H45N5O3/c1-3-30(37)34(42)39-33-28(24-40(2)23-25-13-7-4-8-14-25)19-20-29-21-22-31(41(29)36(33)44)35(43)38-32(26-15-9-5-10-16-26)27-17-11-6-12-18-27/h4-18,28-33H,3,19-24,37H2,1-2H3,(H,38,43)(H,39,42)/t28?,29?,30-,31?,33?/m0/s1. The van der Waals surface area contributed by atoms with Crippen molar-refractivity contribution in [3.05, 3.63) is 108 Å². The fourth-order valence-electron chi connectivity index (χ4n) is 6.76. The Balaban J connectivity index is 1.38. The smallest absolute Gasteiger partial charge is 0.246 e. The Labute approximate surface area is 261 Å². The van der Waals surface area contributed by atoms with Gasteiger partial charge in [-0.2, -0.15) is 0 Å². The Morgan fingerprint density at radius 3 is 2.05 bits per heavy atom. The zero-order valence-electron chi connectivity index (χ0n) is 25.8. The molecular formula is C36H45N5O3. The lowest BCUT2D eigenvalue weighted by molar-refractivity contribution is -0.143. The van der Waals surface area contributed by atoms with Crippen molar-refractivity contribution in [2.45, 2.75) is 75.8 Å². The molecule has 2 heterocycles. The lowest BCUT2D eigenvalue weighted by Gasteiger charge is -2.34. The molecule has 3 aromatic carbocycles. The highest BCUT2D eigenvalue weighted by Crippen LogP contribution is 2.35. The Kier molecular flexibility index (Phi) is 10.5. The van der Waals surface area contributed by atoms with Crippen molar-refractivity contribution in [2.24, 2.45) is 11.7 Å². The summed E-state index contributed by atoms with van der Waals surface area (Å²) in [5, 5.41) is 6.30. The average molecular weight is 596 g/mol. The zero-order chi connectivity index (χ0) is 31.1. The fraction of sp³-hybridized carbons (Fsp3) is 0.417. The number of carbonyl (C=O) groups excluding carboxylic acids is 3. The summed E-state index contributed by atoms with van der Waals surface area (Å²) in [6.45, 7) is 3.23. The van der Waals surface area contributed by atoms with Gasteiger partial charge in [-0.1, -0.05) is 97.9 Å². The van der Waals surface area contributed by atoms with Crippen molar-refractivity contribution in [3.8, 4) is 0 Å². The number of nitrogens with one attached hydrogen (secondary N) is 2. The number of carbonyl (C=O) groups is 3. The summed E-state index contributed by atoms with van der Waals surface area (Å²) in [6.07, 6.45) is 3.37. The average Bonchev–Trinajstić information content (AvgIpc) is 3.44. The summed E-state index contributed by atoms with van der Waals surface area (Å²) in [5.41, 5.74) is 9.24. The van der Waals surface area contributed by atoms with E-state index in [1.807, 2.05) is 92.8 Å². The molecule has 3 aromatic rings. The number of hydrogen-bond donors (Lipinski definition) is 3. The minimum absolute atomic E-state index is 0.0474. The summed E-state index contributed by atoms with van der Waals surface area (Å²) < 4.78 is 0. The summed E-state index contributed by atoms with van der Waals surface area (Å²) in [5.74, 6) is -0.794. The van der Waals surface area contributed by atoms with Crippen LogP contribution < -0.4 is 16.4 Å². The summed E-state index contributed by atoms with van der Waals surface area (Å²) >= 11 is 0. The maximum atomic E-state index is 14.4. The Hall–Kier alpha value is -4.01. The van der Waals surface area contributed by atoms with Crippen molar-refractivity contribution in [3.63, 3.8) is 0 Å². The third-order valence-corrected chi connectivity index (χ3v) is 9.14.